The van der Waals surface area contributed by atoms with Gasteiger partial charge in [-0.05, 0) is 25.0 Å². The van der Waals surface area contributed by atoms with Crippen molar-refractivity contribution in [3.05, 3.63) is 53.4 Å². The third kappa shape index (κ3) is 3.25. The fourth-order valence-corrected chi connectivity index (χ4v) is 4.62. The minimum atomic E-state index is 0.585. The second-order valence-corrected chi connectivity index (χ2v) is 8.07. The van der Waals surface area contributed by atoms with Gasteiger partial charge < -0.3 is 4.57 Å². The van der Waals surface area contributed by atoms with Crippen molar-refractivity contribution in [1.29, 1.82) is 0 Å². The van der Waals surface area contributed by atoms with E-state index in [1.807, 2.05) is 0 Å². The van der Waals surface area contributed by atoms with Gasteiger partial charge in [0, 0.05) is 49.9 Å². The van der Waals surface area contributed by atoms with Crippen molar-refractivity contribution in [1.82, 2.24) is 24.4 Å². The molecule has 0 amide bonds. The van der Waals surface area contributed by atoms with Crippen LogP contribution in [0.2, 0.25) is 0 Å². The van der Waals surface area contributed by atoms with E-state index in [0.29, 0.717) is 5.92 Å². The molecule has 3 aromatic rings. The maximum absolute atomic E-state index is 4.97. The van der Waals surface area contributed by atoms with Crippen LogP contribution in [0.1, 0.15) is 60.9 Å². The molecule has 1 aliphatic heterocycles. The third-order valence-corrected chi connectivity index (χ3v) is 6.25. The van der Waals surface area contributed by atoms with Crippen LogP contribution in [0.5, 0.6) is 0 Å². The average molecular weight is 361 g/mol. The number of aromatic nitrogens is 4. The Bertz CT molecular complexity index is 954. The van der Waals surface area contributed by atoms with E-state index in [1.54, 1.807) is 0 Å². The first-order valence-corrected chi connectivity index (χ1v) is 10.3. The van der Waals surface area contributed by atoms with E-state index in [2.05, 4.69) is 47.0 Å². The molecule has 0 bridgehead atoms. The highest BCUT2D eigenvalue weighted by Gasteiger charge is 2.23. The van der Waals surface area contributed by atoms with Gasteiger partial charge in [-0.25, -0.2) is 15.0 Å². The summed E-state index contributed by atoms with van der Waals surface area (Å²) in [6.07, 6.45) is 9.66. The van der Waals surface area contributed by atoms with Crippen molar-refractivity contribution < 1.29 is 0 Å². The van der Waals surface area contributed by atoms with Crippen molar-refractivity contribution >= 4 is 11.0 Å². The summed E-state index contributed by atoms with van der Waals surface area (Å²) < 4.78 is 2.22. The Hall–Kier alpha value is -2.27. The highest BCUT2D eigenvalue weighted by molar-refractivity contribution is 5.75. The summed E-state index contributed by atoms with van der Waals surface area (Å²) in [6.45, 7) is 2.83. The Labute approximate surface area is 160 Å². The Morgan fingerprint density at radius 3 is 2.78 bits per heavy atom. The lowest BCUT2D eigenvalue weighted by Gasteiger charge is -2.28. The molecule has 1 saturated carbocycles. The van der Waals surface area contributed by atoms with Gasteiger partial charge in [-0.15, -0.1) is 0 Å². The summed E-state index contributed by atoms with van der Waals surface area (Å²) in [5.74, 6) is 2.80. The minimum Gasteiger partial charge on any atom is -0.330 e. The molecule has 5 nitrogen and oxygen atoms in total. The number of imidazole rings is 1. The first kappa shape index (κ1) is 16.9. The molecule has 0 unspecified atom stereocenters. The largest absolute Gasteiger partial charge is 0.330 e. The predicted octanol–water partition coefficient (Wildman–Crippen LogP) is 3.97. The molecule has 5 rings (SSSR count). The topological polar surface area (TPSA) is 46.8 Å². The summed E-state index contributed by atoms with van der Waals surface area (Å²) in [6, 6.07) is 8.35. The second-order valence-electron chi connectivity index (χ2n) is 8.07. The molecule has 0 saturated heterocycles. The van der Waals surface area contributed by atoms with Crippen LogP contribution in [-0.2, 0) is 26.6 Å². The van der Waals surface area contributed by atoms with Crippen LogP contribution in [0.15, 0.2) is 30.5 Å². The highest BCUT2D eigenvalue weighted by atomic mass is 15.2. The smallest absolute Gasteiger partial charge is 0.131 e. The van der Waals surface area contributed by atoms with Crippen molar-refractivity contribution in [3.63, 3.8) is 0 Å². The Kier molecular flexibility index (Phi) is 4.40. The summed E-state index contributed by atoms with van der Waals surface area (Å²) in [5, 5.41) is 0. The lowest BCUT2D eigenvalue weighted by Crippen LogP contribution is -2.32. The molecule has 1 aliphatic carbocycles. The summed E-state index contributed by atoms with van der Waals surface area (Å²) in [5.41, 5.74) is 4.84. The number of rotatable bonds is 3. The molecule has 0 spiro atoms. The average Bonchev–Trinajstić information content (AvgIpc) is 3.04. The Balaban J connectivity index is 1.32. The second kappa shape index (κ2) is 7.04. The van der Waals surface area contributed by atoms with Gasteiger partial charge >= 0.3 is 0 Å². The van der Waals surface area contributed by atoms with Crippen molar-refractivity contribution in [2.45, 2.75) is 57.5 Å². The summed E-state index contributed by atoms with van der Waals surface area (Å²) in [7, 11) is 2.11. The number of fused-ring (bicyclic) bond motifs is 2. The number of para-hydroxylation sites is 2. The van der Waals surface area contributed by atoms with Crippen LogP contribution >= 0.6 is 0 Å². The third-order valence-electron chi connectivity index (χ3n) is 6.25. The Morgan fingerprint density at radius 2 is 1.93 bits per heavy atom. The maximum Gasteiger partial charge on any atom is 0.131 e. The fourth-order valence-electron chi connectivity index (χ4n) is 4.62. The maximum atomic E-state index is 4.97. The Morgan fingerprint density at radius 1 is 1.07 bits per heavy atom. The van der Waals surface area contributed by atoms with E-state index in [1.165, 1.54) is 48.9 Å². The first-order valence-electron chi connectivity index (χ1n) is 10.3. The molecular weight excluding hydrogens is 334 g/mol. The minimum absolute atomic E-state index is 0.585. The monoisotopic (exact) mass is 361 g/mol. The summed E-state index contributed by atoms with van der Waals surface area (Å²) in [4.78, 5) is 17.0. The van der Waals surface area contributed by atoms with E-state index < -0.39 is 0 Å². The standard InChI is InChI=1S/C22H27N5/c1-26-20-10-6-5-9-19(20)24-21(26)15-27-12-11-18-17(14-27)13-23-22(25-18)16-7-3-2-4-8-16/h5-6,9-10,13,16H,2-4,7-8,11-12,14-15H2,1H3. The zero-order valence-electron chi connectivity index (χ0n) is 16.1. The SMILES string of the molecule is Cn1c(CN2CCc3nc(C4CCCCC4)ncc3C2)nc2ccccc21. The fraction of sp³-hybridized carbons (Fsp3) is 0.500. The summed E-state index contributed by atoms with van der Waals surface area (Å²) >= 11 is 0. The molecule has 3 heterocycles. The van der Waals surface area contributed by atoms with Gasteiger partial charge in [0.05, 0.1) is 17.6 Å². The van der Waals surface area contributed by atoms with Gasteiger partial charge in [-0.3, -0.25) is 4.90 Å². The van der Waals surface area contributed by atoms with Crippen molar-refractivity contribution in [2.75, 3.05) is 6.54 Å². The molecule has 1 fully saturated rings. The molecule has 140 valence electrons. The normalized spacial score (nSPS) is 18.7. The molecule has 27 heavy (non-hydrogen) atoms. The highest BCUT2D eigenvalue weighted by Crippen LogP contribution is 2.31. The molecule has 1 aromatic carbocycles. The van der Waals surface area contributed by atoms with Gasteiger partial charge in [0.2, 0.25) is 0 Å². The quantitative estimate of drug-likeness (QED) is 0.708. The molecule has 0 N–H and O–H groups in total. The van der Waals surface area contributed by atoms with Crippen LogP contribution in [0.3, 0.4) is 0 Å². The van der Waals surface area contributed by atoms with E-state index in [0.717, 1.165) is 43.2 Å². The van der Waals surface area contributed by atoms with Gasteiger partial charge in [-0.1, -0.05) is 31.4 Å². The molecule has 2 aromatic heterocycles. The van der Waals surface area contributed by atoms with E-state index in [4.69, 9.17) is 15.0 Å². The van der Waals surface area contributed by atoms with Gasteiger partial charge in [0.25, 0.3) is 0 Å². The number of hydrogen-bond acceptors (Lipinski definition) is 4. The van der Waals surface area contributed by atoms with Crippen LogP contribution in [-0.4, -0.2) is 31.0 Å². The predicted molar refractivity (Wildman–Crippen MR) is 106 cm³/mol. The van der Waals surface area contributed by atoms with Crippen LogP contribution in [0, 0.1) is 0 Å². The van der Waals surface area contributed by atoms with Gasteiger partial charge in [0.15, 0.2) is 0 Å². The van der Waals surface area contributed by atoms with Gasteiger partial charge in [-0.2, -0.15) is 0 Å². The van der Waals surface area contributed by atoms with E-state index in [-0.39, 0.29) is 0 Å². The van der Waals surface area contributed by atoms with E-state index >= 15 is 0 Å². The van der Waals surface area contributed by atoms with Crippen LogP contribution in [0.4, 0.5) is 0 Å². The number of nitrogens with zero attached hydrogens (tertiary/aromatic N) is 5. The van der Waals surface area contributed by atoms with Crippen molar-refractivity contribution in [3.8, 4) is 0 Å². The van der Waals surface area contributed by atoms with Crippen LogP contribution in [0.25, 0.3) is 11.0 Å². The van der Waals surface area contributed by atoms with E-state index in [9.17, 15) is 0 Å². The van der Waals surface area contributed by atoms with Crippen molar-refractivity contribution in [2.24, 2.45) is 7.05 Å². The van der Waals surface area contributed by atoms with Gasteiger partial charge in [0.1, 0.15) is 11.6 Å². The molecule has 0 atom stereocenters. The molecule has 5 heteroatoms. The number of aryl methyl sites for hydroxylation is 1. The lowest BCUT2D eigenvalue weighted by atomic mass is 9.88. The van der Waals surface area contributed by atoms with Crippen LogP contribution < -0.4 is 0 Å². The lowest BCUT2D eigenvalue weighted by molar-refractivity contribution is 0.234. The first-order chi connectivity index (χ1) is 13.3. The molecular formula is C22H27N5. The number of hydrogen-bond donors (Lipinski definition) is 0. The zero-order chi connectivity index (χ0) is 18.2. The molecule has 0 radical (unpaired) electrons. The number of benzene rings is 1. The zero-order valence-corrected chi connectivity index (χ0v) is 16.1. The molecule has 2 aliphatic rings.